The second-order valence-corrected chi connectivity index (χ2v) is 7.41. The highest BCUT2D eigenvalue weighted by Crippen LogP contribution is 2.20. The normalized spacial score (nSPS) is 12.8. The highest BCUT2D eigenvalue weighted by atomic mass is 16.1. The van der Waals surface area contributed by atoms with Crippen molar-refractivity contribution in [2.45, 2.75) is 64.8 Å². The lowest BCUT2D eigenvalue weighted by molar-refractivity contribution is -0.117. The van der Waals surface area contributed by atoms with E-state index >= 15 is 0 Å². The number of carbonyl (C=O) groups excluding carboxylic acids is 1. The maximum Gasteiger partial charge on any atom is 0.244 e. The van der Waals surface area contributed by atoms with Crippen LogP contribution in [-0.4, -0.2) is 21.9 Å². The van der Waals surface area contributed by atoms with E-state index in [-0.39, 0.29) is 11.9 Å². The number of nitrogens with zero attached hydrogens (tertiary/aromatic N) is 2. The average Bonchev–Trinajstić information content (AvgIpc) is 2.74. The number of rotatable bonds is 12. The summed E-state index contributed by atoms with van der Waals surface area (Å²) in [4.78, 5) is 20.6. The monoisotopic (exact) mass is 391 g/mol. The van der Waals surface area contributed by atoms with E-state index in [0.29, 0.717) is 0 Å². The number of carbonyl (C=O) groups is 1. The number of hydrogen-bond acceptors (Lipinski definition) is 3. The number of aryl methyl sites for hydroxylation is 1. The van der Waals surface area contributed by atoms with Crippen LogP contribution in [0.2, 0.25) is 0 Å². The average molecular weight is 392 g/mol. The van der Waals surface area contributed by atoms with Crippen LogP contribution in [0, 0.1) is 0 Å². The molecular formula is C25H33N3O. The Morgan fingerprint density at radius 1 is 1.10 bits per heavy atom. The number of allylic oxidation sites excluding steroid dienone is 3. The van der Waals surface area contributed by atoms with Gasteiger partial charge in [-0.25, -0.2) is 0 Å². The van der Waals surface area contributed by atoms with Crippen LogP contribution in [-0.2, 0) is 11.2 Å². The number of amides is 1. The Kier molecular flexibility index (Phi) is 10.4. The molecule has 0 aromatic carbocycles. The molecule has 29 heavy (non-hydrogen) atoms. The van der Waals surface area contributed by atoms with E-state index in [1.54, 1.807) is 18.5 Å². The molecule has 0 radical (unpaired) electrons. The summed E-state index contributed by atoms with van der Waals surface area (Å²) in [7, 11) is 0. The Morgan fingerprint density at radius 3 is 2.59 bits per heavy atom. The van der Waals surface area contributed by atoms with Crippen molar-refractivity contribution >= 4 is 11.5 Å². The summed E-state index contributed by atoms with van der Waals surface area (Å²) in [5.41, 5.74) is 3.58. The Morgan fingerprint density at radius 2 is 1.90 bits per heavy atom. The largest absolute Gasteiger partial charge is 0.350 e. The van der Waals surface area contributed by atoms with E-state index in [4.69, 9.17) is 0 Å². The maximum absolute atomic E-state index is 12.2. The topological polar surface area (TPSA) is 54.9 Å². The van der Waals surface area contributed by atoms with E-state index in [1.165, 1.54) is 24.0 Å². The summed E-state index contributed by atoms with van der Waals surface area (Å²) in [6, 6.07) is 8.22. The zero-order valence-electron chi connectivity index (χ0n) is 17.7. The van der Waals surface area contributed by atoms with Gasteiger partial charge in [0.25, 0.3) is 0 Å². The lowest BCUT2D eigenvalue weighted by Gasteiger charge is -2.12. The van der Waals surface area contributed by atoms with Gasteiger partial charge in [0.2, 0.25) is 5.91 Å². The summed E-state index contributed by atoms with van der Waals surface area (Å²) in [5.74, 6) is -0.0470. The molecule has 0 aliphatic rings. The molecule has 1 atom stereocenters. The number of nitrogens with one attached hydrogen (secondary N) is 1. The Bertz CT molecular complexity index is 769. The van der Waals surface area contributed by atoms with Crippen LogP contribution in [0.15, 0.2) is 67.3 Å². The van der Waals surface area contributed by atoms with Gasteiger partial charge in [-0.1, -0.05) is 44.1 Å². The summed E-state index contributed by atoms with van der Waals surface area (Å²) in [6.45, 7) is 4.26. The summed E-state index contributed by atoms with van der Waals surface area (Å²) in [6.07, 6.45) is 20.4. The predicted octanol–water partition coefficient (Wildman–Crippen LogP) is 5.52. The van der Waals surface area contributed by atoms with Gasteiger partial charge in [0.05, 0.1) is 0 Å². The number of unbranched alkanes of at least 4 members (excludes halogenated alkanes) is 2. The van der Waals surface area contributed by atoms with Crippen LogP contribution in [0.4, 0.5) is 0 Å². The van der Waals surface area contributed by atoms with Crippen molar-refractivity contribution in [3.8, 4) is 0 Å². The minimum atomic E-state index is -0.0470. The first-order valence-electron chi connectivity index (χ1n) is 10.7. The van der Waals surface area contributed by atoms with Crippen LogP contribution in [0.3, 0.4) is 0 Å². The molecule has 2 aromatic heterocycles. The molecule has 0 saturated heterocycles. The van der Waals surface area contributed by atoms with Gasteiger partial charge in [-0.15, -0.1) is 0 Å². The molecule has 1 unspecified atom stereocenters. The minimum Gasteiger partial charge on any atom is -0.350 e. The van der Waals surface area contributed by atoms with Gasteiger partial charge < -0.3 is 5.32 Å². The van der Waals surface area contributed by atoms with Crippen LogP contribution < -0.4 is 5.32 Å². The van der Waals surface area contributed by atoms with Crippen molar-refractivity contribution in [1.29, 1.82) is 0 Å². The second-order valence-electron chi connectivity index (χ2n) is 7.41. The van der Waals surface area contributed by atoms with E-state index in [0.717, 1.165) is 37.7 Å². The highest BCUT2D eigenvalue weighted by Gasteiger charge is 2.05. The van der Waals surface area contributed by atoms with Crippen molar-refractivity contribution < 1.29 is 4.79 Å². The first-order valence-corrected chi connectivity index (χ1v) is 10.7. The van der Waals surface area contributed by atoms with Gasteiger partial charge in [-0.3, -0.25) is 14.8 Å². The van der Waals surface area contributed by atoms with Crippen molar-refractivity contribution in [1.82, 2.24) is 15.3 Å². The molecular weight excluding hydrogens is 358 g/mol. The molecule has 0 spiro atoms. The first-order chi connectivity index (χ1) is 14.2. The van der Waals surface area contributed by atoms with Crippen LogP contribution in [0.5, 0.6) is 0 Å². The number of aromatic nitrogens is 2. The van der Waals surface area contributed by atoms with Gasteiger partial charge in [-0.2, -0.15) is 0 Å². The summed E-state index contributed by atoms with van der Waals surface area (Å²) in [5, 5.41) is 3.05. The fraction of sp³-hybridized carbons (Fsp3) is 0.400. The van der Waals surface area contributed by atoms with Crippen LogP contribution in [0.1, 0.15) is 63.5 Å². The lowest BCUT2D eigenvalue weighted by Crippen LogP contribution is -2.31. The summed E-state index contributed by atoms with van der Waals surface area (Å²) < 4.78 is 0. The lowest BCUT2D eigenvalue weighted by atomic mass is 10.0. The maximum atomic E-state index is 12.2. The molecule has 4 heteroatoms. The zero-order chi connectivity index (χ0) is 20.7. The molecule has 2 rings (SSSR count). The van der Waals surface area contributed by atoms with Gasteiger partial charge in [0.1, 0.15) is 0 Å². The van der Waals surface area contributed by atoms with Crippen molar-refractivity contribution in [2.24, 2.45) is 0 Å². The molecule has 1 N–H and O–H groups in total. The van der Waals surface area contributed by atoms with E-state index in [2.05, 4.69) is 41.3 Å². The van der Waals surface area contributed by atoms with E-state index in [9.17, 15) is 4.79 Å². The molecule has 1 amide bonds. The smallest absolute Gasteiger partial charge is 0.244 e. The first kappa shape index (κ1) is 22.5. The number of hydrogen-bond donors (Lipinski definition) is 1. The zero-order valence-corrected chi connectivity index (χ0v) is 17.7. The molecule has 0 fully saturated rings. The Balaban J connectivity index is 1.81. The van der Waals surface area contributed by atoms with Gasteiger partial charge >= 0.3 is 0 Å². The van der Waals surface area contributed by atoms with Gasteiger partial charge in [-0.05, 0) is 67.9 Å². The molecule has 2 heterocycles. The highest BCUT2D eigenvalue weighted by molar-refractivity contribution is 5.88. The minimum absolute atomic E-state index is 0.0470. The molecule has 0 bridgehead atoms. The molecule has 4 nitrogen and oxygen atoms in total. The van der Waals surface area contributed by atoms with Crippen LogP contribution >= 0.6 is 0 Å². The third-order valence-electron chi connectivity index (χ3n) is 4.84. The molecule has 0 aliphatic carbocycles. The standard InChI is InChI=1S/C25H33N3O/c1-3-4-5-13-23(24-15-9-18-27-20-24)14-7-16-25(29)28-21(2)10-6-11-22-12-8-17-26-19-22/h7-9,12,14-21H,3-6,10-11,13H2,1-2H3,(H,28,29)/b16-7+,23-14+. The fourth-order valence-electron chi connectivity index (χ4n) is 3.22. The molecule has 0 saturated carbocycles. The molecule has 154 valence electrons. The van der Waals surface area contributed by atoms with Crippen molar-refractivity contribution in [3.63, 3.8) is 0 Å². The molecule has 0 aliphatic heterocycles. The fourth-order valence-corrected chi connectivity index (χ4v) is 3.22. The SMILES string of the molecule is CCCCC/C(=C\C=C\C(=O)NC(C)CCCc1cccnc1)c1cccnc1. The van der Waals surface area contributed by atoms with Crippen molar-refractivity contribution in [3.05, 3.63) is 78.4 Å². The third-order valence-corrected chi connectivity index (χ3v) is 4.84. The van der Waals surface area contributed by atoms with Gasteiger partial charge in [0.15, 0.2) is 0 Å². The quantitative estimate of drug-likeness (QED) is 0.294. The van der Waals surface area contributed by atoms with Gasteiger partial charge in [0, 0.05) is 36.9 Å². The third kappa shape index (κ3) is 9.33. The van der Waals surface area contributed by atoms with E-state index < -0.39 is 0 Å². The predicted molar refractivity (Wildman–Crippen MR) is 120 cm³/mol. The second kappa shape index (κ2) is 13.4. The van der Waals surface area contributed by atoms with Crippen LogP contribution in [0.25, 0.3) is 5.57 Å². The Labute approximate surface area is 175 Å². The van der Waals surface area contributed by atoms with Crippen molar-refractivity contribution in [2.75, 3.05) is 0 Å². The summed E-state index contributed by atoms with van der Waals surface area (Å²) >= 11 is 0. The van der Waals surface area contributed by atoms with E-state index in [1.807, 2.05) is 36.7 Å². The Hall–Kier alpha value is -2.75. The molecule has 2 aromatic rings. The number of pyridine rings is 2.